The molecule has 0 bridgehead atoms. The first-order chi connectivity index (χ1) is 8.10. The van der Waals surface area contributed by atoms with Crippen LogP contribution in [0.2, 0.25) is 0 Å². The van der Waals surface area contributed by atoms with Gasteiger partial charge in [0.25, 0.3) is 5.91 Å². The van der Waals surface area contributed by atoms with Crippen molar-refractivity contribution in [2.24, 2.45) is 0 Å². The normalized spacial score (nSPS) is 14.1. The number of rotatable bonds is 5. The topological polar surface area (TPSA) is 50.4 Å². The van der Waals surface area contributed by atoms with E-state index in [0.29, 0.717) is 0 Å². The van der Waals surface area contributed by atoms with Gasteiger partial charge in [-0.3, -0.25) is 4.79 Å². The molecular formula is C13H20N2O2. The molecule has 1 amide bonds. The number of carbonyl (C=O) groups is 1. The minimum Gasteiger partial charge on any atom is -0.372 e. The highest BCUT2D eigenvalue weighted by atomic mass is 16.5. The predicted octanol–water partition coefficient (Wildman–Crippen LogP) is 1.94. The van der Waals surface area contributed by atoms with Gasteiger partial charge >= 0.3 is 0 Å². The molecule has 17 heavy (non-hydrogen) atoms. The second-order valence-corrected chi connectivity index (χ2v) is 3.96. The Morgan fingerprint density at radius 3 is 2.53 bits per heavy atom. The second-order valence-electron chi connectivity index (χ2n) is 3.96. The van der Waals surface area contributed by atoms with E-state index in [2.05, 4.69) is 10.6 Å². The largest absolute Gasteiger partial charge is 0.372 e. The number of carbonyl (C=O) groups excluding carboxylic acids is 1. The summed E-state index contributed by atoms with van der Waals surface area (Å²) in [7, 11) is 3.41. The van der Waals surface area contributed by atoms with E-state index in [1.807, 2.05) is 38.2 Å². The zero-order valence-corrected chi connectivity index (χ0v) is 10.8. The van der Waals surface area contributed by atoms with Crippen molar-refractivity contribution in [1.82, 2.24) is 5.32 Å². The van der Waals surface area contributed by atoms with Crippen molar-refractivity contribution in [3.63, 3.8) is 0 Å². The summed E-state index contributed by atoms with van der Waals surface area (Å²) in [5.74, 6) is -0.136. The maximum atomic E-state index is 11.8. The highest BCUT2D eigenvalue weighted by Crippen LogP contribution is 2.22. The van der Waals surface area contributed by atoms with Crippen LogP contribution in [0.5, 0.6) is 0 Å². The van der Waals surface area contributed by atoms with Crippen molar-refractivity contribution in [2.45, 2.75) is 26.0 Å². The van der Waals surface area contributed by atoms with E-state index in [1.54, 1.807) is 6.92 Å². The molecule has 0 aliphatic carbocycles. The summed E-state index contributed by atoms with van der Waals surface area (Å²) in [6, 6.07) is 7.93. The smallest absolute Gasteiger partial charge is 0.253 e. The molecule has 2 atom stereocenters. The lowest BCUT2D eigenvalue weighted by Crippen LogP contribution is -2.27. The first-order valence-corrected chi connectivity index (χ1v) is 5.70. The lowest BCUT2D eigenvalue weighted by molar-refractivity contribution is -0.124. The first-order valence-electron chi connectivity index (χ1n) is 5.70. The Morgan fingerprint density at radius 1 is 1.29 bits per heavy atom. The van der Waals surface area contributed by atoms with Crippen molar-refractivity contribution >= 4 is 11.6 Å². The molecular weight excluding hydrogens is 216 g/mol. The Bertz CT molecular complexity index is 379. The third-order valence-electron chi connectivity index (χ3n) is 2.84. The molecule has 2 unspecified atom stereocenters. The number of benzene rings is 1. The standard InChI is InChI=1S/C13H20N2O2/c1-9(14-3)11-7-5-6-8-12(11)15-13(16)10(2)17-4/h5-10,14H,1-4H3,(H,15,16). The number of ether oxygens (including phenoxy) is 1. The molecule has 0 heterocycles. The van der Waals surface area contributed by atoms with Gasteiger partial charge in [-0.1, -0.05) is 18.2 Å². The average Bonchev–Trinajstić information content (AvgIpc) is 2.37. The third-order valence-corrected chi connectivity index (χ3v) is 2.84. The molecule has 1 aromatic rings. The summed E-state index contributed by atoms with van der Waals surface area (Å²) in [5, 5.41) is 6.03. The number of hydrogen-bond acceptors (Lipinski definition) is 3. The lowest BCUT2D eigenvalue weighted by Gasteiger charge is -2.17. The summed E-state index contributed by atoms with van der Waals surface area (Å²) in [4.78, 5) is 11.8. The van der Waals surface area contributed by atoms with Crippen molar-refractivity contribution in [3.05, 3.63) is 29.8 Å². The van der Waals surface area contributed by atoms with Gasteiger partial charge in [0.15, 0.2) is 0 Å². The van der Waals surface area contributed by atoms with E-state index in [4.69, 9.17) is 4.74 Å². The van der Waals surface area contributed by atoms with Gasteiger partial charge in [-0.2, -0.15) is 0 Å². The van der Waals surface area contributed by atoms with Crippen LogP contribution >= 0.6 is 0 Å². The first kappa shape index (κ1) is 13.7. The molecule has 2 N–H and O–H groups in total. The Morgan fingerprint density at radius 2 is 1.94 bits per heavy atom. The van der Waals surface area contributed by atoms with Crippen LogP contribution in [0, 0.1) is 0 Å². The van der Waals surface area contributed by atoms with Gasteiger partial charge in [0, 0.05) is 18.8 Å². The highest BCUT2D eigenvalue weighted by molar-refractivity contribution is 5.94. The number of methoxy groups -OCH3 is 1. The summed E-state index contributed by atoms with van der Waals surface area (Å²) >= 11 is 0. The predicted molar refractivity (Wildman–Crippen MR) is 69.0 cm³/mol. The van der Waals surface area contributed by atoms with Crippen molar-refractivity contribution < 1.29 is 9.53 Å². The van der Waals surface area contributed by atoms with Crippen LogP contribution < -0.4 is 10.6 Å². The molecule has 94 valence electrons. The Hall–Kier alpha value is -1.39. The van der Waals surface area contributed by atoms with E-state index in [-0.39, 0.29) is 11.9 Å². The minimum atomic E-state index is -0.451. The molecule has 0 spiro atoms. The van der Waals surface area contributed by atoms with Gasteiger partial charge in [0.2, 0.25) is 0 Å². The van der Waals surface area contributed by atoms with Crippen LogP contribution in [0.15, 0.2) is 24.3 Å². The number of para-hydroxylation sites is 1. The molecule has 0 radical (unpaired) electrons. The van der Waals surface area contributed by atoms with Crippen molar-refractivity contribution in [2.75, 3.05) is 19.5 Å². The maximum absolute atomic E-state index is 11.8. The Kier molecular flexibility index (Phi) is 5.12. The van der Waals surface area contributed by atoms with E-state index >= 15 is 0 Å². The lowest BCUT2D eigenvalue weighted by atomic mass is 10.1. The molecule has 1 aromatic carbocycles. The fourth-order valence-electron chi connectivity index (χ4n) is 1.49. The van der Waals surface area contributed by atoms with Crippen LogP contribution in [-0.4, -0.2) is 26.2 Å². The Balaban J connectivity index is 2.87. The highest BCUT2D eigenvalue weighted by Gasteiger charge is 2.15. The molecule has 0 saturated heterocycles. The van der Waals surface area contributed by atoms with Gasteiger partial charge in [-0.25, -0.2) is 0 Å². The van der Waals surface area contributed by atoms with Gasteiger partial charge in [0.05, 0.1) is 0 Å². The Labute approximate surface area is 102 Å². The average molecular weight is 236 g/mol. The van der Waals surface area contributed by atoms with Crippen LogP contribution in [0.4, 0.5) is 5.69 Å². The summed E-state index contributed by atoms with van der Waals surface area (Å²) in [5.41, 5.74) is 1.88. The van der Waals surface area contributed by atoms with Gasteiger partial charge < -0.3 is 15.4 Å². The molecule has 0 aromatic heterocycles. The van der Waals surface area contributed by atoms with E-state index in [0.717, 1.165) is 11.3 Å². The minimum absolute atomic E-state index is 0.136. The van der Waals surface area contributed by atoms with Crippen LogP contribution in [0.25, 0.3) is 0 Å². The van der Waals surface area contributed by atoms with Crippen molar-refractivity contribution in [3.8, 4) is 0 Å². The van der Waals surface area contributed by atoms with Gasteiger partial charge in [-0.05, 0) is 32.5 Å². The molecule has 4 heteroatoms. The fraction of sp³-hybridized carbons (Fsp3) is 0.462. The molecule has 0 saturated carbocycles. The molecule has 0 fully saturated rings. The van der Waals surface area contributed by atoms with Gasteiger partial charge in [0.1, 0.15) is 6.10 Å². The van der Waals surface area contributed by atoms with Crippen LogP contribution in [-0.2, 0) is 9.53 Å². The summed E-state index contributed by atoms with van der Waals surface area (Å²) < 4.78 is 4.98. The van der Waals surface area contributed by atoms with Crippen LogP contribution in [0.1, 0.15) is 25.5 Å². The number of nitrogens with one attached hydrogen (secondary N) is 2. The SMILES string of the molecule is CNC(C)c1ccccc1NC(=O)C(C)OC. The van der Waals surface area contributed by atoms with E-state index in [9.17, 15) is 4.79 Å². The zero-order chi connectivity index (χ0) is 12.8. The zero-order valence-electron chi connectivity index (χ0n) is 10.8. The quantitative estimate of drug-likeness (QED) is 0.821. The summed E-state index contributed by atoms with van der Waals surface area (Å²) in [6.07, 6.45) is -0.451. The molecule has 0 aliphatic heterocycles. The van der Waals surface area contributed by atoms with Crippen LogP contribution in [0.3, 0.4) is 0 Å². The maximum Gasteiger partial charge on any atom is 0.253 e. The molecule has 1 rings (SSSR count). The third kappa shape index (κ3) is 3.54. The monoisotopic (exact) mass is 236 g/mol. The van der Waals surface area contributed by atoms with E-state index < -0.39 is 6.10 Å². The molecule has 0 aliphatic rings. The fourth-order valence-corrected chi connectivity index (χ4v) is 1.49. The van der Waals surface area contributed by atoms with Crippen molar-refractivity contribution in [1.29, 1.82) is 0 Å². The number of hydrogen-bond donors (Lipinski definition) is 2. The van der Waals surface area contributed by atoms with E-state index in [1.165, 1.54) is 7.11 Å². The number of anilines is 1. The molecule has 4 nitrogen and oxygen atoms in total. The van der Waals surface area contributed by atoms with Gasteiger partial charge in [-0.15, -0.1) is 0 Å². The summed E-state index contributed by atoms with van der Waals surface area (Å²) in [6.45, 7) is 3.77. The second kappa shape index (κ2) is 6.37. The number of amides is 1.